The summed E-state index contributed by atoms with van der Waals surface area (Å²) in [5.41, 5.74) is 0.145. The van der Waals surface area contributed by atoms with Gasteiger partial charge in [0.25, 0.3) is 0 Å². The lowest BCUT2D eigenvalue weighted by Crippen LogP contribution is -2.37. The maximum absolute atomic E-state index is 11.8. The highest BCUT2D eigenvalue weighted by molar-refractivity contribution is 7.97. The molecule has 2 atom stereocenters. The van der Waals surface area contributed by atoms with E-state index in [9.17, 15) is 4.79 Å². The third-order valence-corrected chi connectivity index (χ3v) is 10.1. The molecule has 0 aliphatic heterocycles. The average molecular weight is 448 g/mol. The quantitative estimate of drug-likeness (QED) is 0.334. The van der Waals surface area contributed by atoms with E-state index in [1.54, 1.807) is 0 Å². The molecular weight excluding hydrogens is 416 g/mol. The SMILES string of the molecule is CC1(C)C2CCC1(CS)C(=O)C2.c1ccc([S+](c2ccccc2)c2ccccc2)cc1. The Morgan fingerprint density at radius 1 is 0.806 bits per heavy atom. The number of benzene rings is 3. The minimum Gasteiger partial charge on any atom is -0.299 e. The predicted molar refractivity (Wildman–Crippen MR) is 134 cm³/mol. The molecule has 5 rings (SSSR count). The van der Waals surface area contributed by atoms with Crippen LogP contribution in [0.15, 0.2) is 106 Å². The molecule has 2 aliphatic carbocycles. The lowest BCUT2D eigenvalue weighted by molar-refractivity contribution is -0.127. The van der Waals surface area contributed by atoms with Crippen molar-refractivity contribution in [1.82, 2.24) is 0 Å². The van der Waals surface area contributed by atoms with Crippen molar-refractivity contribution in [1.29, 1.82) is 0 Å². The Kier molecular flexibility index (Phi) is 6.64. The molecule has 0 heterocycles. The molecule has 2 unspecified atom stereocenters. The van der Waals surface area contributed by atoms with Crippen molar-refractivity contribution >= 4 is 29.3 Å². The van der Waals surface area contributed by atoms with Crippen LogP contribution in [0.4, 0.5) is 0 Å². The van der Waals surface area contributed by atoms with Crippen LogP contribution in [-0.2, 0) is 15.7 Å². The first-order valence-electron chi connectivity index (χ1n) is 11.0. The third-order valence-electron chi connectivity index (χ3n) is 7.35. The Morgan fingerprint density at radius 3 is 1.48 bits per heavy atom. The summed E-state index contributed by atoms with van der Waals surface area (Å²) in [6.07, 6.45) is 3.12. The van der Waals surface area contributed by atoms with Gasteiger partial charge in [-0.2, -0.15) is 12.6 Å². The van der Waals surface area contributed by atoms with E-state index in [-0.39, 0.29) is 21.7 Å². The molecule has 160 valence electrons. The third kappa shape index (κ3) is 4.10. The summed E-state index contributed by atoms with van der Waals surface area (Å²) in [7, 11) is -0.0146. The van der Waals surface area contributed by atoms with Crippen molar-refractivity contribution in [3.8, 4) is 0 Å². The number of fused-ring (bicyclic) bond motifs is 2. The van der Waals surface area contributed by atoms with Crippen LogP contribution in [0, 0.1) is 16.7 Å². The van der Waals surface area contributed by atoms with E-state index in [0.717, 1.165) is 18.6 Å². The molecule has 3 aromatic rings. The molecular formula is C28H31OS2+. The Hall–Kier alpha value is -1.97. The number of rotatable bonds is 4. The van der Waals surface area contributed by atoms with Crippen molar-refractivity contribution < 1.29 is 4.79 Å². The molecule has 0 radical (unpaired) electrons. The zero-order valence-corrected chi connectivity index (χ0v) is 20.0. The van der Waals surface area contributed by atoms with Crippen molar-refractivity contribution in [2.45, 2.75) is 47.8 Å². The number of thiol groups is 1. The zero-order chi connectivity index (χ0) is 21.9. The summed E-state index contributed by atoms with van der Waals surface area (Å²) in [6.45, 7) is 4.48. The summed E-state index contributed by atoms with van der Waals surface area (Å²) >= 11 is 4.36. The molecule has 0 aromatic heterocycles. The van der Waals surface area contributed by atoms with Gasteiger partial charge in [-0.1, -0.05) is 68.4 Å². The van der Waals surface area contributed by atoms with Gasteiger partial charge in [-0.15, -0.1) is 0 Å². The minimum absolute atomic E-state index is 0.0146. The maximum Gasteiger partial charge on any atom is 0.166 e. The fraction of sp³-hybridized carbons (Fsp3) is 0.321. The lowest BCUT2D eigenvalue weighted by atomic mass is 9.70. The predicted octanol–water partition coefficient (Wildman–Crippen LogP) is 7.09. The summed E-state index contributed by atoms with van der Waals surface area (Å²) in [5.74, 6) is 1.85. The van der Waals surface area contributed by atoms with Gasteiger partial charge in [0.1, 0.15) is 5.78 Å². The van der Waals surface area contributed by atoms with E-state index < -0.39 is 0 Å². The highest BCUT2D eigenvalue weighted by atomic mass is 32.2. The summed E-state index contributed by atoms with van der Waals surface area (Å²) < 4.78 is 0. The largest absolute Gasteiger partial charge is 0.299 e. The van der Waals surface area contributed by atoms with Crippen LogP contribution >= 0.6 is 12.6 Å². The van der Waals surface area contributed by atoms with Crippen LogP contribution in [0.1, 0.15) is 33.1 Å². The van der Waals surface area contributed by atoms with Gasteiger partial charge < -0.3 is 0 Å². The molecule has 2 saturated carbocycles. The van der Waals surface area contributed by atoms with Gasteiger partial charge in [0, 0.05) is 17.6 Å². The van der Waals surface area contributed by atoms with Gasteiger partial charge in [0.15, 0.2) is 14.7 Å². The second-order valence-electron chi connectivity index (χ2n) is 9.07. The standard InChI is InChI=1S/C18H15S.C10H16OS/c1-4-10-16(11-5-1)19(17-12-6-2-7-13-17)18-14-8-3-9-15-18;1-9(2)7-3-4-10(9,6-12)8(11)5-7/h1-15H;7,12H,3-6H2,1-2H3/q+1;. The van der Waals surface area contributed by atoms with E-state index >= 15 is 0 Å². The number of hydrogen-bond donors (Lipinski definition) is 1. The normalized spacial score (nSPS) is 23.5. The van der Waals surface area contributed by atoms with E-state index in [4.69, 9.17) is 0 Å². The number of hydrogen-bond acceptors (Lipinski definition) is 2. The second-order valence-corrected chi connectivity index (χ2v) is 11.4. The van der Waals surface area contributed by atoms with Crippen LogP contribution < -0.4 is 0 Å². The number of Topliss-reactive ketones (excluding diaryl/α,β-unsaturated/α-hetero) is 1. The van der Waals surface area contributed by atoms with E-state index in [1.807, 2.05) is 0 Å². The van der Waals surface area contributed by atoms with Crippen molar-refractivity contribution in [2.24, 2.45) is 16.7 Å². The molecule has 1 nitrogen and oxygen atoms in total. The molecule has 2 aliphatic rings. The van der Waals surface area contributed by atoms with Gasteiger partial charge in [0.05, 0.1) is 10.9 Å². The number of carbonyl (C=O) groups is 1. The smallest absolute Gasteiger partial charge is 0.166 e. The lowest BCUT2D eigenvalue weighted by Gasteiger charge is -2.34. The molecule has 0 spiro atoms. The minimum atomic E-state index is -0.0687. The molecule has 0 saturated heterocycles. The van der Waals surface area contributed by atoms with Crippen molar-refractivity contribution in [2.75, 3.05) is 5.75 Å². The van der Waals surface area contributed by atoms with Crippen LogP contribution in [0.2, 0.25) is 0 Å². The molecule has 3 heteroatoms. The molecule has 3 aromatic carbocycles. The first-order chi connectivity index (χ1) is 15.0. The molecule has 0 amide bonds. The van der Waals surface area contributed by atoms with Crippen LogP contribution in [-0.4, -0.2) is 11.5 Å². The van der Waals surface area contributed by atoms with E-state index in [2.05, 4.69) is 117 Å². The second kappa shape index (κ2) is 9.26. The van der Waals surface area contributed by atoms with Crippen LogP contribution in [0.5, 0.6) is 0 Å². The van der Waals surface area contributed by atoms with Gasteiger partial charge in [-0.3, -0.25) is 4.79 Å². The van der Waals surface area contributed by atoms with Crippen LogP contribution in [0.25, 0.3) is 0 Å². The summed E-state index contributed by atoms with van der Waals surface area (Å²) in [5, 5.41) is 0. The first-order valence-corrected chi connectivity index (χ1v) is 12.9. The Labute approximate surface area is 195 Å². The van der Waals surface area contributed by atoms with Gasteiger partial charge >= 0.3 is 0 Å². The van der Waals surface area contributed by atoms with Gasteiger partial charge in [0.2, 0.25) is 0 Å². The molecule has 0 N–H and O–H groups in total. The van der Waals surface area contributed by atoms with E-state index in [1.165, 1.54) is 21.1 Å². The van der Waals surface area contributed by atoms with Crippen molar-refractivity contribution in [3.63, 3.8) is 0 Å². The zero-order valence-electron chi connectivity index (χ0n) is 18.3. The fourth-order valence-electron chi connectivity index (χ4n) is 5.22. The molecule has 31 heavy (non-hydrogen) atoms. The Morgan fingerprint density at radius 2 is 1.23 bits per heavy atom. The number of carbonyl (C=O) groups excluding carboxylic acids is 1. The summed E-state index contributed by atoms with van der Waals surface area (Å²) in [4.78, 5) is 15.8. The fourth-order valence-corrected chi connectivity index (χ4v) is 8.06. The van der Waals surface area contributed by atoms with Gasteiger partial charge in [-0.25, -0.2) is 0 Å². The highest BCUT2D eigenvalue weighted by Crippen LogP contribution is 2.64. The molecule has 2 bridgehead atoms. The Balaban J connectivity index is 0.000000166. The highest BCUT2D eigenvalue weighted by Gasteiger charge is 2.63. The van der Waals surface area contributed by atoms with Gasteiger partial charge in [-0.05, 0) is 60.6 Å². The maximum atomic E-state index is 11.8. The monoisotopic (exact) mass is 447 g/mol. The van der Waals surface area contributed by atoms with Crippen LogP contribution in [0.3, 0.4) is 0 Å². The summed E-state index contributed by atoms with van der Waals surface area (Å²) in [6, 6.07) is 32.2. The molecule has 2 fully saturated rings. The average Bonchev–Trinajstić information content (AvgIpc) is 3.17. The topological polar surface area (TPSA) is 17.1 Å². The van der Waals surface area contributed by atoms with Crippen molar-refractivity contribution in [3.05, 3.63) is 91.0 Å². The van der Waals surface area contributed by atoms with E-state index in [0.29, 0.717) is 11.7 Å². The first kappa shape index (κ1) is 22.2. The number of ketones is 1. The Bertz CT molecular complexity index is 907.